The number of halogens is 1. The van der Waals surface area contributed by atoms with Crippen molar-refractivity contribution in [1.82, 2.24) is 0 Å². The van der Waals surface area contributed by atoms with Crippen LogP contribution in [0, 0.1) is 5.82 Å². The number of rotatable bonds is 3. The fraction of sp³-hybridized carbons (Fsp3) is 0.273. The van der Waals surface area contributed by atoms with Crippen LogP contribution in [0.5, 0.6) is 0 Å². The van der Waals surface area contributed by atoms with Crippen LogP contribution in [0.1, 0.15) is 23.7 Å². The van der Waals surface area contributed by atoms with E-state index in [2.05, 4.69) is 9.73 Å². The number of hydrogen-bond acceptors (Lipinski definition) is 3. The molecule has 0 saturated heterocycles. The van der Waals surface area contributed by atoms with E-state index in [-0.39, 0.29) is 11.3 Å². The number of benzene rings is 1. The minimum atomic E-state index is -0.536. The predicted octanol–water partition coefficient (Wildman–Crippen LogP) is 2.01. The molecular formula is C11H13FN2O2. The summed E-state index contributed by atoms with van der Waals surface area (Å²) in [5.41, 5.74) is 5.79. The lowest BCUT2D eigenvalue weighted by Gasteiger charge is -2.02. The van der Waals surface area contributed by atoms with Gasteiger partial charge in [0.25, 0.3) is 0 Å². The first-order chi connectivity index (χ1) is 7.58. The number of amidine groups is 1. The molecule has 0 bridgehead atoms. The molecule has 0 fully saturated rings. The molecule has 0 aliphatic rings. The van der Waals surface area contributed by atoms with Crippen LogP contribution in [0.4, 0.5) is 10.1 Å². The van der Waals surface area contributed by atoms with Crippen molar-refractivity contribution in [3.63, 3.8) is 0 Å². The summed E-state index contributed by atoms with van der Waals surface area (Å²) in [5, 5.41) is 0. The van der Waals surface area contributed by atoms with Gasteiger partial charge in [0.05, 0.1) is 18.5 Å². The topological polar surface area (TPSA) is 64.7 Å². The van der Waals surface area contributed by atoms with Gasteiger partial charge in [0, 0.05) is 6.42 Å². The maximum Gasteiger partial charge on any atom is 0.337 e. The number of esters is 1. The highest BCUT2D eigenvalue weighted by atomic mass is 19.1. The van der Waals surface area contributed by atoms with E-state index in [0.29, 0.717) is 12.3 Å². The van der Waals surface area contributed by atoms with Crippen molar-refractivity contribution in [2.75, 3.05) is 7.11 Å². The number of carbonyl (C=O) groups excluding carboxylic acids is 1. The van der Waals surface area contributed by atoms with Crippen molar-refractivity contribution in [2.24, 2.45) is 10.7 Å². The van der Waals surface area contributed by atoms with E-state index in [1.54, 1.807) is 6.92 Å². The maximum absolute atomic E-state index is 13.3. The molecule has 1 aromatic carbocycles. The fourth-order valence-corrected chi connectivity index (χ4v) is 1.08. The number of carbonyl (C=O) groups is 1. The molecule has 0 aliphatic heterocycles. The van der Waals surface area contributed by atoms with Crippen molar-refractivity contribution in [3.05, 3.63) is 29.6 Å². The Hall–Kier alpha value is -1.91. The average molecular weight is 224 g/mol. The number of methoxy groups -OCH3 is 1. The molecule has 86 valence electrons. The lowest BCUT2D eigenvalue weighted by atomic mass is 10.2. The second-order valence-electron chi connectivity index (χ2n) is 3.11. The highest BCUT2D eigenvalue weighted by molar-refractivity contribution is 5.91. The van der Waals surface area contributed by atoms with Gasteiger partial charge in [-0.05, 0) is 18.2 Å². The average Bonchev–Trinajstić information content (AvgIpc) is 2.30. The van der Waals surface area contributed by atoms with Gasteiger partial charge in [-0.2, -0.15) is 0 Å². The Balaban J connectivity index is 3.14. The molecular weight excluding hydrogens is 211 g/mol. The summed E-state index contributed by atoms with van der Waals surface area (Å²) in [7, 11) is 1.26. The highest BCUT2D eigenvalue weighted by Gasteiger charge is 2.09. The zero-order valence-electron chi connectivity index (χ0n) is 9.16. The number of nitrogens with two attached hydrogens (primary N) is 1. The Labute approximate surface area is 92.9 Å². The zero-order valence-corrected chi connectivity index (χ0v) is 9.16. The lowest BCUT2D eigenvalue weighted by Crippen LogP contribution is -2.09. The van der Waals surface area contributed by atoms with Crippen molar-refractivity contribution in [3.8, 4) is 0 Å². The fourth-order valence-electron chi connectivity index (χ4n) is 1.08. The summed E-state index contributed by atoms with van der Waals surface area (Å²) in [4.78, 5) is 15.1. The second kappa shape index (κ2) is 5.25. The molecule has 0 spiro atoms. The minimum Gasteiger partial charge on any atom is -0.465 e. The van der Waals surface area contributed by atoms with Crippen LogP contribution in [0.25, 0.3) is 0 Å². The first-order valence-corrected chi connectivity index (χ1v) is 4.79. The Morgan fingerprint density at radius 2 is 2.25 bits per heavy atom. The summed E-state index contributed by atoms with van der Waals surface area (Å²) in [6.45, 7) is 1.81. The second-order valence-corrected chi connectivity index (χ2v) is 3.11. The molecule has 5 heteroatoms. The molecule has 0 saturated carbocycles. The summed E-state index contributed by atoms with van der Waals surface area (Å²) in [6, 6.07) is 3.81. The van der Waals surface area contributed by atoms with Gasteiger partial charge in [-0.25, -0.2) is 14.2 Å². The van der Waals surface area contributed by atoms with Gasteiger partial charge in [0.1, 0.15) is 11.5 Å². The maximum atomic E-state index is 13.3. The summed E-state index contributed by atoms with van der Waals surface area (Å²) in [6.07, 6.45) is 0.516. The minimum absolute atomic E-state index is 0.0437. The first-order valence-electron chi connectivity index (χ1n) is 4.79. The van der Waals surface area contributed by atoms with Gasteiger partial charge < -0.3 is 10.5 Å². The largest absolute Gasteiger partial charge is 0.465 e. The molecule has 1 rings (SSSR count). The van der Waals surface area contributed by atoms with Crippen molar-refractivity contribution in [2.45, 2.75) is 13.3 Å². The third-order valence-electron chi connectivity index (χ3n) is 1.99. The van der Waals surface area contributed by atoms with Crippen LogP contribution in [0.15, 0.2) is 23.2 Å². The van der Waals surface area contributed by atoms with Gasteiger partial charge in [0.15, 0.2) is 0 Å². The van der Waals surface area contributed by atoms with Gasteiger partial charge in [-0.15, -0.1) is 0 Å². The van der Waals surface area contributed by atoms with E-state index in [4.69, 9.17) is 5.73 Å². The predicted molar refractivity (Wildman–Crippen MR) is 59.3 cm³/mol. The van der Waals surface area contributed by atoms with Crippen molar-refractivity contribution < 1.29 is 13.9 Å². The van der Waals surface area contributed by atoms with Crippen LogP contribution in [0.2, 0.25) is 0 Å². The van der Waals surface area contributed by atoms with Crippen LogP contribution in [-0.4, -0.2) is 18.9 Å². The first kappa shape index (κ1) is 12.2. The van der Waals surface area contributed by atoms with Crippen LogP contribution < -0.4 is 5.73 Å². The third-order valence-corrected chi connectivity index (χ3v) is 1.99. The van der Waals surface area contributed by atoms with Gasteiger partial charge in [-0.1, -0.05) is 6.92 Å². The molecule has 0 atom stereocenters. The molecule has 0 aliphatic carbocycles. The number of hydrogen-bond donors (Lipinski definition) is 1. The monoisotopic (exact) mass is 224 g/mol. The lowest BCUT2D eigenvalue weighted by molar-refractivity contribution is 0.0600. The van der Waals surface area contributed by atoms with Crippen molar-refractivity contribution >= 4 is 17.5 Å². The standard InChI is InChI=1S/C11H13FN2O2/c1-3-10(13)14-9-6-7(11(15)16-2)4-5-8(9)12/h4-6H,3H2,1-2H3,(H2,13,14). The Morgan fingerprint density at radius 1 is 1.56 bits per heavy atom. The van der Waals surface area contributed by atoms with E-state index in [1.807, 2.05) is 0 Å². The molecule has 4 nitrogen and oxygen atoms in total. The molecule has 16 heavy (non-hydrogen) atoms. The molecule has 0 heterocycles. The number of nitrogens with zero attached hydrogens (tertiary/aromatic N) is 1. The highest BCUT2D eigenvalue weighted by Crippen LogP contribution is 2.20. The Bertz CT molecular complexity index is 430. The normalized spacial score (nSPS) is 11.3. The van der Waals surface area contributed by atoms with E-state index >= 15 is 0 Å². The van der Waals surface area contributed by atoms with E-state index < -0.39 is 11.8 Å². The zero-order chi connectivity index (χ0) is 12.1. The van der Waals surface area contributed by atoms with Crippen LogP contribution in [0.3, 0.4) is 0 Å². The third kappa shape index (κ3) is 2.79. The Morgan fingerprint density at radius 3 is 2.81 bits per heavy atom. The van der Waals surface area contributed by atoms with Gasteiger partial charge in [0.2, 0.25) is 0 Å². The molecule has 0 aromatic heterocycles. The van der Waals surface area contributed by atoms with E-state index in [1.165, 1.54) is 19.2 Å². The number of ether oxygens (including phenoxy) is 1. The Kier molecular flexibility index (Phi) is 3.99. The summed E-state index contributed by atoms with van der Waals surface area (Å²) >= 11 is 0. The molecule has 2 N–H and O–H groups in total. The van der Waals surface area contributed by atoms with Gasteiger partial charge in [-0.3, -0.25) is 0 Å². The van der Waals surface area contributed by atoms with Gasteiger partial charge >= 0.3 is 5.97 Å². The van der Waals surface area contributed by atoms with Crippen LogP contribution >= 0.6 is 0 Å². The van der Waals surface area contributed by atoms with Crippen molar-refractivity contribution in [1.29, 1.82) is 0 Å². The molecule has 0 amide bonds. The number of aliphatic imine (C=N–C) groups is 1. The van der Waals surface area contributed by atoms with Crippen LogP contribution in [-0.2, 0) is 4.74 Å². The SMILES string of the molecule is CCC(N)=Nc1cc(C(=O)OC)ccc1F. The summed E-state index contributed by atoms with van der Waals surface area (Å²) < 4.78 is 17.8. The smallest absolute Gasteiger partial charge is 0.337 e. The molecule has 0 unspecified atom stereocenters. The molecule has 0 radical (unpaired) electrons. The quantitative estimate of drug-likeness (QED) is 0.485. The summed E-state index contributed by atoms with van der Waals surface area (Å²) in [5.74, 6) is -0.753. The van der Waals surface area contributed by atoms with E-state index in [0.717, 1.165) is 6.07 Å². The molecule has 1 aromatic rings. The van der Waals surface area contributed by atoms with E-state index in [9.17, 15) is 9.18 Å².